The first-order valence-corrected chi connectivity index (χ1v) is 8.11. The molecule has 1 fully saturated rings. The van der Waals surface area contributed by atoms with E-state index in [1.165, 1.54) is 5.56 Å². The lowest BCUT2D eigenvalue weighted by atomic mass is 10.0. The summed E-state index contributed by atoms with van der Waals surface area (Å²) in [5, 5.41) is 3.30. The third-order valence-corrected chi connectivity index (χ3v) is 4.28. The quantitative estimate of drug-likeness (QED) is 0.903. The van der Waals surface area contributed by atoms with Gasteiger partial charge in [-0.3, -0.25) is 4.79 Å². The maximum atomic E-state index is 12.3. The molecular weight excluding hydrogens is 296 g/mol. The van der Waals surface area contributed by atoms with E-state index in [2.05, 4.69) is 43.4 Å². The van der Waals surface area contributed by atoms with Crippen LogP contribution in [0.15, 0.2) is 24.3 Å². The molecule has 1 amide bonds. The fraction of sp³-hybridized carbons (Fsp3) is 0.611. The highest BCUT2D eigenvalue weighted by molar-refractivity contribution is 5.85. The molecule has 0 unspecified atom stereocenters. The molecule has 3 nitrogen and oxygen atoms in total. The van der Waals surface area contributed by atoms with Gasteiger partial charge in [-0.05, 0) is 43.4 Å². The highest BCUT2D eigenvalue weighted by Crippen LogP contribution is 2.14. The Morgan fingerprint density at radius 1 is 1.18 bits per heavy atom. The van der Waals surface area contributed by atoms with Gasteiger partial charge in [0.1, 0.15) is 0 Å². The van der Waals surface area contributed by atoms with Gasteiger partial charge in [0.25, 0.3) is 0 Å². The summed E-state index contributed by atoms with van der Waals surface area (Å²) >= 11 is 0. The molecule has 0 radical (unpaired) electrons. The first-order chi connectivity index (χ1) is 10.1. The van der Waals surface area contributed by atoms with Crippen molar-refractivity contribution < 1.29 is 4.79 Å². The molecule has 124 valence electrons. The first-order valence-electron chi connectivity index (χ1n) is 8.11. The largest absolute Gasteiger partial charge is 0.342 e. The number of hydrogen-bond acceptors (Lipinski definition) is 2. The summed E-state index contributed by atoms with van der Waals surface area (Å²) in [5.41, 5.74) is 2.49. The third kappa shape index (κ3) is 5.62. The second-order valence-electron chi connectivity index (χ2n) is 6.53. The lowest BCUT2D eigenvalue weighted by Crippen LogP contribution is -2.44. The lowest BCUT2D eigenvalue weighted by molar-refractivity contribution is -0.131. The van der Waals surface area contributed by atoms with Crippen molar-refractivity contribution in [2.45, 2.75) is 45.6 Å². The van der Waals surface area contributed by atoms with Crippen LogP contribution in [0.4, 0.5) is 0 Å². The standard InChI is InChI=1S/C18H28N2O.ClH/c1-14(2)12-15-4-6-16(7-5-15)13-18(21)20-10-8-17(19-3)9-11-20;/h4-7,14,17,19H,8-13H2,1-3H3;1H. The van der Waals surface area contributed by atoms with Crippen LogP contribution in [0.1, 0.15) is 37.8 Å². The van der Waals surface area contributed by atoms with Crippen molar-refractivity contribution in [1.82, 2.24) is 10.2 Å². The summed E-state index contributed by atoms with van der Waals surface area (Å²) in [6, 6.07) is 9.11. The van der Waals surface area contributed by atoms with Crippen LogP contribution in [-0.4, -0.2) is 37.0 Å². The Morgan fingerprint density at radius 2 is 1.73 bits per heavy atom. The van der Waals surface area contributed by atoms with E-state index in [0.717, 1.165) is 37.9 Å². The number of carbonyl (C=O) groups excluding carboxylic acids is 1. The summed E-state index contributed by atoms with van der Waals surface area (Å²) in [6.45, 7) is 6.23. The lowest BCUT2D eigenvalue weighted by Gasteiger charge is -2.31. The molecule has 1 N–H and O–H groups in total. The highest BCUT2D eigenvalue weighted by Gasteiger charge is 2.21. The zero-order valence-corrected chi connectivity index (χ0v) is 14.8. The summed E-state index contributed by atoms with van der Waals surface area (Å²) < 4.78 is 0. The minimum Gasteiger partial charge on any atom is -0.342 e. The fourth-order valence-corrected chi connectivity index (χ4v) is 2.97. The molecule has 0 saturated carbocycles. The van der Waals surface area contributed by atoms with Crippen molar-refractivity contribution in [2.24, 2.45) is 5.92 Å². The molecule has 1 aromatic rings. The van der Waals surface area contributed by atoms with Gasteiger partial charge in [0.2, 0.25) is 5.91 Å². The van der Waals surface area contributed by atoms with Crippen molar-refractivity contribution in [3.05, 3.63) is 35.4 Å². The second kappa shape index (κ2) is 9.16. The van der Waals surface area contributed by atoms with Crippen LogP contribution in [0, 0.1) is 5.92 Å². The van der Waals surface area contributed by atoms with Crippen LogP contribution in [0.3, 0.4) is 0 Å². The Morgan fingerprint density at radius 3 is 2.23 bits per heavy atom. The number of hydrogen-bond donors (Lipinski definition) is 1. The zero-order valence-electron chi connectivity index (χ0n) is 14.0. The van der Waals surface area contributed by atoms with Crippen molar-refractivity contribution >= 4 is 18.3 Å². The predicted molar refractivity (Wildman–Crippen MR) is 94.6 cm³/mol. The Hall–Kier alpha value is -1.06. The van der Waals surface area contributed by atoms with Gasteiger partial charge in [0.15, 0.2) is 0 Å². The van der Waals surface area contributed by atoms with E-state index in [1.807, 2.05) is 11.9 Å². The zero-order chi connectivity index (χ0) is 15.2. The van der Waals surface area contributed by atoms with Crippen LogP contribution in [-0.2, 0) is 17.6 Å². The van der Waals surface area contributed by atoms with Crippen molar-refractivity contribution in [1.29, 1.82) is 0 Å². The van der Waals surface area contributed by atoms with Gasteiger partial charge in [-0.2, -0.15) is 0 Å². The summed E-state index contributed by atoms with van der Waals surface area (Å²) in [4.78, 5) is 14.3. The van der Waals surface area contributed by atoms with Gasteiger partial charge >= 0.3 is 0 Å². The number of nitrogens with zero attached hydrogens (tertiary/aromatic N) is 1. The van der Waals surface area contributed by atoms with E-state index >= 15 is 0 Å². The monoisotopic (exact) mass is 324 g/mol. The number of rotatable bonds is 5. The molecule has 0 atom stereocenters. The smallest absolute Gasteiger partial charge is 0.226 e. The van der Waals surface area contributed by atoms with Crippen LogP contribution >= 0.6 is 12.4 Å². The number of halogens is 1. The van der Waals surface area contributed by atoms with Crippen LogP contribution in [0.5, 0.6) is 0 Å². The molecule has 0 bridgehead atoms. The highest BCUT2D eigenvalue weighted by atomic mass is 35.5. The SMILES string of the molecule is CNC1CCN(C(=O)Cc2ccc(CC(C)C)cc2)CC1.Cl. The van der Waals surface area contributed by atoms with E-state index in [0.29, 0.717) is 18.4 Å². The Bertz CT molecular complexity index is 451. The topological polar surface area (TPSA) is 32.3 Å². The molecule has 2 rings (SSSR count). The Labute approximate surface area is 140 Å². The Kier molecular flexibility index (Phi) is 7.91. The van der Waals surface area contributed by atoms with E-state index < -0.39 is 0 Å². The molecular formula is C18H29ClN2O. The van der Waals surface area contributed by atoms with Gasteiger partial charge < -0.3 is 10.2 Å². The van der Waals surface area contributed by atoms with E-state index in [9.17, 15) is 4.79 Å². The van der Waals surface area contributed by atoms with Crippen molar-refractivity contribution in [3.63, 3.8) is 0 Å². The molecule has 0 aliphatic carbocycles. The van der Waals surface area contributed by atoms with Gasteiger partial charge in [0.05, 0.1) is 6.42 Å². The molecule has 1 aliphatic rings. The van der Waals surface area contributed by atoms with Gasteiger partial charge in [-0.15, -0.1) is 12.4 Å². The maximum absolute atomic E-state index is 12.3. The van der Waals surface area contributed by atoms with Crippen molar-refractivity contribution in [2.75, 3.05) is 20.1 Å². The van der Waals surface area contributed by atoms with Crippen LogP contribution in [0.2, 0.25) is 0 Å². The van der Waals surface area contributed by atoms with Gasteiger partial charge in [-0.25, -0.2) is 0 Å². The molecule has 1 aromatic carbocycles. The minimum atomic E-state index is 0. The average molecular weight is 325 g/mol. The number of benzene rings is 1. The number of nitrogens with one attached hydrogen (secondary N) is 1. The van der Waals surface area contributed by atoms with E-state index in [-0.39, 0.29) is 18.3 Å². The number of carbonyl (C=O) groups is 1. The predicted octanol–water partition coefficient (Wildman–Crippen LogP) is 3.06. The normalized spacial score (nSPS) is 15.7. The maximum Gasteiger partial charge on any atom is 0.226 e. The number of likely N-dealkylation sites (tertiary alicyclic amines) is 1. The molecule has 1 heterocycles. The summed E-state index contributed by atoms with van der Waals surface area (Å²) in [6.07, 6.45) is 3.77. The molecule has 4 heteroatoms. The molecule has 0 spiro atoms. The van der Waals surface area contributed by atoms with Crippen LogP contribution in [0.25, 0.3) is 0 Å². The van der Waals surface area contributed by atoms with E-state index in [1.54, 1.807) is 0 Å². The molecule has 1 aliphatic heterocycles. The summed E-state index contributed by atoms with van der Waals surface area (Å²) in [7, 11) is 2.00. The first kappa shape index (κ1) is 19.0. The second-order valence-corrected chi connectivity index (χ2v) is 6.53. The molecule has 0 aromatic heterocycles. The molecule has 1 saturated heterocycles. The van der Waals surface area contributed by atoms with Crippen molar-refractivity contribution in [3.8, 4) is 0 Å². The Balaban J connectivity index is 0.00000242. The number of amides is 1. The van der Waals surface area contributed by atoms with Gasteiger partial charge in [-0.1, -0.05) is 38.1 Å². The average Bonchev–Trinajstić information content (AvgIpc) is 2.49. The van der Waals surface area contributed by atoms with E-state index in [4.69, 9.17) is 0 Å². The summed E-state index contributed by atoms with van der Waals surface area (Å²) in [5.74, 6) is 0.937. The minimum absolute atomic E-state index is 0. The fourth-order valence-electron chi connectivity index (χ4n) is 2.97. The third-order valence-electron chi connectivity index (χ3n) is 4.28. The van der Waals surface area contributed by atoms with Gasteiger partial charge in [0, 0.05) is 19.1 Å². The molecule has 22 heavy (non-hydrogen) atoms. The number of piperidine rings is 1. The van der Waals surface area contributed by atoms with Crippen LogP contribution < -0.4 is 5.32 Å².